The Morgan fingerprint density at radius 2 is 1.96 bits per heavy atom. The molecule has 5 nitrogen and oxygen atoms in total. The molecular formula is C19H21N3O2. The van der Waals surface area contributed by atoms with E-state index in [1.54, 1.807) is 11.9 Å². The van der Waals surface area contributed by atoms with E-state index >= 15 is 0 Å². The summed E-state index contributed by atoms with van der Waals surface area (Å²) in [7, 11) is 1.76. The monoisotopic (exact) mass is 323 g/mol. The lowest BCUT2D eigenvalue weighted by Crippen LogP contribution is -2.29. The molecule has 0 saturated carbocycles. The minimum Gasteiger partial charge on any atom is -0.338 e. The smallest absolute Gasteiger partial charge is 0.319 e. The molecular weight excluding hydrogens is 302 g/mol. The summed E-state index contributed by atoms with van der Waals surface area (Å²) < 4.78 is 0. The van der Waals surface area contributed by atoms with Gasteiger partial charge in [0.2, 0.25) is 5.91 Å². The number of likely N-dealkylation sites (N-methyl/N-ethyl adjacent to an activating group) is 1. The summed E-state index contributed by atoms with van der Waals surface area (Å²) in [6.07, 6.45) is 2.22. The van der Waals surface area contributed by atoms with Crippen molar-refractivity contribution in [2.45, 2.75) is 19.3 Å². The molecule has 2 aromatic carbocycles. The molecule has 0 atom stereocenters. The summed E-state index contributed by atoms with van der Waals surface area (Å²) in [4.78, 5) is 25.3. The topological polar surface area (TPSA) is 61.4 Å². The van der Waals surface area contributed by atoms with Crippen LogP contribution in [0.5, 0.6) is 0 Å². The van der Waals surface area contributed by atoms with Gasteiger partial charge in [0.25, 0.3) is 0 Å². The average molecular weight is 323 g/mol. The highest BCUT2D eigenvalue weighted by molar-refractivity contribution is 6.01. The van der Waals surface area contributed by atoms with Gasteiger partial charge in [-0.15, -0.1) is 0 Å². The molecule has 0 radical (unpaired) electrons. The largest absolute Gasteiger partial charge is 0.338 e. The fourth-order valence-corrected chi connectivity index (χ4v) is 2.86. The van der Waals surface area contributed by atoms with Gasteiger partial charge < -0.3 is 15.5 Å². The van der Waals surface area contributed by atoms with Crippen LogP contribution < -0.4 is 15.5 Å². The number of carbonyl (C=O) groups is 2. The number of urea groups is 1. The van der Waals surface area contributed by atoms with Crippen molar-refractivity contribution < 1.29 is 9.59 Å². The van der Waals surface area contributed by atoms with E-state index in [1.807, 2.05) is 36.4 Å². The molecule has 3 amide bonds. The third-order valence-corrected chi connectivity index (χ3v) is 4.19. The third kappa shape index (κ3) is 3.74. The van der Waals surface area contributed by atoms with Crippen molar-refractivity contribution in [3.8, 4) is 0 Å². The van der Waals surface area contributed by atoms with Crippen LogP contribution in [0, 0.1) is 0 Å². The number of hydrogen-bond donors (Lipinski definition) is 2. The van der Waals surface area contributed by atoms with Crippen LogP contribution in [-0.2, 0) is 17.6 Å². The predicted molar refractivity (Wildman–Crippen MR) is 95.3 cm³/mol. The highest BCUT2D eigenvalue weighted by Crippen LogP contribution is 2.29. The van der Waals surface area contributed by atoms with Crippen molar-refractivity contribution in [1.82, 2.24) is 5.32 Å². The van der Waals surface area contributed by atoms with Gasteiger partial charge in [-0.3, -0.25) is 4.79 Å². The first-order chi connectivity index (χ1) is 11.6. The Hall–Kier alpha value is -2.82. The summed E-state index contributed by atoms with van der Waals surface area (Å²) >= 11 is 0. The number of rotatable bonds is 5. The zero-order valence-corrected chi connectivity index (χ0v) is 13.7. The number of nitrogens with one attached hydrogen (secondary N) is 2. The molecule has 1 heterocycles. The Balaban J connectivity index is 1.46. The summed E-state index contributed by atoms with van der Waals surface area (Å²) in [6, 6.07) is 15.5. The summed E-state index contributed by atoms with van der Waals surface area (Å²) in [5, 5.41) is 5.68. The Kier molecular flexibility index (Phi) is 4.79. The number of benzene rings is 2. The van der Waals surface area contributed by atoms with Gasteiger partial charge in [-0.1, -0.05) is 30.3 Å². The molecule has 3 rings (SSSR count). The number of carbonyl (C=O) groups excluding carboxylic acids is 2. The van der Waals surface area contributed by atoms with Gasteiger partial charge >= 0.3 is 6.03 Å². The quantitative estimate of drug-likeness (QED) is 0.831. The number of nitrogens with zero attached hydrogens (tertiary/aromatic N) is 1. The highest BCUT2D eigenvalue weighted by Gasteiger charge is 2.23. The van der Waals surface area contributed by atoms with Gasteiger partial charge in [-0.25, -0.2) is 4.79 Å². The fourth-order valence-electron chi connectivity index (χ4n) is 2.86. The highest BCUT2D eigenvalue weighted by atomic mass is 16.2. The molecule has 0 unspecified atom stereocenters. The molecule has 0 fully saturated rings. The van der Waals surface area contributed by atoms with Crippen LogP contribution in [0.15, 0.2) is 48.5 Å². The van der Waals surface area contributed by atoms with E-state index in [0.29, 0.717) is 18.7 Å². The van der Waals surface area contributed by atoms with Crippen LogP contribution in [0.2, 0.25) is 0 Å². The van der Waals surface area contributed by atoms with Gasteiger partial charge in [-0.2, -0.15) is 0 Å². The second-order valence-corrected chi connectivity index (χ2v) is 5.94. The van der Waals surface area contributed by atoms with Gasteiger partial charge in [0, 0.05) is 25.0 Å². The zero-order valence-electron chi connectivity index (χ0n) is 13.7. The van der Waals surface area contributed by atoms with Crippen molar-refractivity contribution in [2.75, 3.05) is 23.8 Å². The van der Waals surface area contributed by atoms with Crippen molar-refractivity contribution in [3.05, 3.63) is 59.7 Å². The summed E-state index contributed by atoms with van der Waals surface area (Å²) in [6.45, 7) is 0.618. The first-order valence-corrected chi connectivity index (χ1v) is 8.12. The molecule has 2 N–H and O–H groups in total. The fraction of sp³-hybridized carbons (Fsp3) is 0.263. The lowest BCUT2D eigenvalue weighted by molar-refractivity contribution is -0.117. The second kappa shape index (κ2) is 7.17. The molecule has 0 saturated heterocycles. The maximum atomic E-state index is 12.0. The van der Waals surface area contributed by atoms with Crippen molar-refractivity contribution in [3.63, 3.8) is 0 Å². The standard InChI is InChI=1S/C19H21N3O2/c1-22-17-10-9-16(12-15(17)13-18(22)23)21-19(24)20-11-5-8-14-6-3-2-4-7-14/h2-4,6-7,9-10,12H,5,8,11,13H2,1H3,(H2,20,21,24). The van der Waals surface area contributed by atoms with Crippen LogP contribution in [-0.4, -0.2) is 25.5 Å². The molecule has 0 spiro atoms. The van der Waals surface area contributed by atoms with Gasteiger partial charge in [0.15, 0.2) is 0 Å². The van der Waals surface area contributed by atoms with E-state index in [2.05, 4.69) is 22.8 Å². The SMILES string of the molecule is CN1C(=O)Cc2cc(NC(=O)NCCCc3ccccc3)ccc21. The second-order valence-electron chi connectivity index (χ2n) is 5.94. The first-order valence-electron chi connectivity index (χ1n) is 8.12. The predicted octanol–water partition coefficient (Wildman–Crippen LogP) is 2.96. The van der Waals surface area contributed by atoms with Gasteiger partial charge in [-0.05, 0) is 42.2 Å². The number of hydrogen-bond acceptors (Lipinski definition) is 2. The molecule has 0 bridgehead atoms. The molecule has 2 aromatic rings. The zero-order chi connectivity index (χ0) is 16.9. The minimum absolute atomic E-state index is 0.0764. The van der Waals surface area contributed by atoms with Crippen molar-refractivity contribution in [2.24, 2.45) is 0 Å². The minimum atomic E-state index is -0.222. The molecule has 1 aliphatic rings. The molecule has 24 heavy (non-hydrogen) atoms. The Morgan fingerprint density at radius 1 is 1.17 bits per heavy atom. The Labute approximate surface area is 141 Å². The van der Waals surface area contributed by atoms with Crippen molar-refractivity contribution in [1.29, 1.82) is 0 Å². The van der Waals surface area contributed by atoms with E-state index in [0.717, 1.165) is 24.1 Å². The number of fused-ring (bicyclic) bond motifs is 1. The Bertz CT molecular complexity index is 744. The summed E-state index contributed by atoms with van der Waals surface area (Å²) in [5.74, 6) is 0.0764. The maximum Gasteiger partial charge on any atom is 0.319 e. The number of aryl methyl sites for hydroxylation is 1. The van der Waals surface area contributed by atoms with Crippen LogP contribution in [0.1, 0.15) is 17.5 Å². The number of anilines is 2. The maximum absolute atomic E-state index is 12.0. The number of amides is 3. The lowest BCUT2D eigenvalue weighted by atomic mass is 10.1. The van der Waals surface area contributed by atoms with Crippen molar-refractivity contribution >= 4 is 23.3 Å². The van der Waals surface area contributed by atoms with E-state index in [-0.39, 0.29) is 11.9 Å². The molecule has 124 valence electrons. The lowest BCUT2D eigenvalue weighted by Gasteiger charge is -2.11. The first kappa shape index (κ1) is 16.1. The van der Waals surface area contributed by atoms with E-state index in [4.69, 9.17) is 0 Å². The molecule has 1 aliphatic heterocycles. The van der Waals surface area contributed by atoms with Crippen LogP contribution >= 0.6 is 0 Å². The van der Waals surface area contributed by atoms with Crippen LogP contribution in [0.3, 0.4) is 0 Å². The summed E-state index contributed by atoms with van der Waals surface area (Å²) in [5.41, 5.74) is 3.84. The third-order valence-electron chi connectivity index (χ3n) is 4.19. The molecule has 0 aromatic heterocycles. The van der Waals surface area contributed by atoms with Gasteiger partial charge in [0.05, 0.1) is 6.42 Å². The van der Waals surface area contributed by atoms with E-state index in [1.165, 1.54) is 5.56 Å². The van der Waals surface area contributed by atoms with E-state index < -0.39 is 0 Å². The average Bonchev–Trinajstić information content (AvgIpc) is 2.86. The normalized spacial score (nSPS) is 12.9. The van der Waals surface area contributed by atoms with E-state index in [9.17, 15) is 9.59 Å². The molecule has 5 heteroatoms. The van der Waals surface area contributed by atoms with Crippen LogP contribution in [0.4, 0.5) is 16.2 Å². The Morgan fingerprint density at radius 3 is 2.75 bits per heavy atom. The molecule has 0 aliphatic carbocycles. The van der Waals surface area contributed by atoms with Gasteiger partial charge in [0.1, 0.15) is 0 Å². The van der Waals surface area contributed by atoms with Crippen LogP contribution in [0.25, 0.3) is 0 Å².